The third-order valence-corrected chi connectivity index (χ3v) is 4.71. The average molecular weight is 424 g/mol. The fourth-order valence-corrected chi connectivity index (χ4v) is 3.08. The van der Waals surface area contributed by atoms with Crippen LogP contribution in [0, 0.1) is 0 Å². The molecule has 0 saturated carbocycles. The first kappa shape index (κ1) is 22.5. The molecule has 0 spiro atoms. The lowest BCUT2D eigenvalue weighted by molar-refractivity contribution is 0.0472. The Morgan fingerprint density at radius 1 is 0.625 bits per heavy atom. The van der Waals surface area contributed by atoms with Crippen molar-refractivity contribution in [2.45, 2.75) is 13.0 Å². The first-order chi connectivity index (χ1) is 15.6. The van der Waals surface area contributed by atoms with Gasteiger partial charge in [-0.05, 0) is 41.3 Å². The predicted octanol–water partition coefficient (Wildman–Crippen LogP) is 6.02. The highest BCUT2D eigenvalue weighted by atomic mass is 16.5. The molecule has 0 unspecified atom stereocenters. The second-order valence-electron chi connectivity index (χ2n) is 7.05. The number of aromatic carboxylic acids is 1. The minimum atomic E-state index is -0.869. The summed E-state index contributed by atoms with van der Waals surface area (Å²) in [6.07, 6.45) is 0.656. The van der Waals surface area contributed by atoms with Crippen LogP contribution in [0.25, 0.3) is 0 Å². The van der Waals surface area contributed by atoms with Gasteiger partial charge in [-0.3, -0.25) is 0 Å². The standard InChI is InChI=1S/2C14H12O2/c15-14(13-9-5-2-6-10-13)16-11-12-7-3-1-4-8-12;15-14(16)13-9-5-4-8-12(13)10-11-6-2-1-3-7-11/h1-10H,11H2;1-9H,10H2,(H,15,16). The first-order valence-electron chi connectivity index (χ1n) is 10.2. The number of carbonyl (C=O) groups is 2. The summed E-state index contributed by atoms with van der Waals surface area (Å²) in [4.78, 5) is 22.6. The molecule has 4 heteroatoms. The number of rotatable bonds is 6. The summed E-state index contributed by atoms with van der Waals surface area (Å²) in [5.41, 5.74) is 3.92. The number of esters is 1. The van der Waals surface area contributed by atoms with Gasteiger partial charge in [-0.15, -0.1) is 0 Å². The van der Waals surface area contributed by atoms with Crippen molar-refractivity contribution in [1.29, 1.82) is 0 Å². The van der Waals surface area contributed by atoms with E-state index in [0.29, 0.717) is 24.2 Å². The Bertz CT molecular complexity index is 1120. The predicted molar refractivity (Wildman–Crippen MR) is 125 cm³/mol. The Balaban J connectivity index is 0.000000181. The topological polar surface area (TPSA) is 63.6 Å². The Morgan fingerprint density at radius 2 is 1.12 bits per heavy atom. The maximum atomic E-state index is 11.6. The number of ether oxygens (including phenoxy) is 1. The molecule has 4 nitrogen and oxygen atoms in total. The molecule has 0 fully saturated rings. The van der Waals surface area contributed by atoms with Crippen LogP contribution in [0.2, 0.25) is 0 Å². The minimum Gasteiger partial charge on any atom is -0.478 e. The van der Waals surface area contributed by atoms with Crippen LogP contribution in [0.1, 0.15) is 37.4 Å². The van der Waals surface area contributed by atoms with Gasteiger partial charge in [0.15, 0.2) is 0 Å². The third kappa shape index (κ3) is 6.96. The van der Waals surface area contributed by atoms with Crippen molar-refractivity contribution in [3.05, 3.63) is 143 Å². The van der Waals surface area contributed by atoms with Crippen molar-refractivity contribution >= 4 is 11.9 Å². The Morgan fingerprint density at radius 3 is 1.72 bits per heavy atom. The Hall–Kier alpha value is -4.18. The van der Waals surface area contributed by atoms with E-state index in [1.54, 1.807) is 24.3 Å². The van der Waals surface area contributed by atoms with Crippen LogP contribution in [0.3, 0.4) is 0 Å². The quantitative estimate of drug-likeness (QED) is 0.385. The number of hydrogen-bond donors (Lipinski definition) is 1. The highest BCUT2D eigenvalue weighted by molar-refractivity contribution is 5.89. The van der Waals surface area contributed by atoms with Gasteiger partial charge in [-0.1, -0.05) is 97.1 Å². The summed E-state index contributed by atoms with van der Waals surface area (Å²) in [7, 11) is 0. The van der Waals surface area contributed by atoms with Gasteiger partial charge < -0.3 is 9.84 Å². The van der Waals surface area contributed by atoms with E-state index in [4.69, 9.17) is 9.84 Å². The van der Waals surface area contributed by atoms with Crippen LogP contribution in [0.15, 0.2) is 115 Å². The fourth-order valence-electron chi connectivity index (χ4n) is 3.08. The molecule has 32 heavy (non-hydrogen) atoms. The molecule has 0 aliphatic rings. The van der Waals surface area contributed by atoms with Gasteiger partial charge in [0, 0.05) is 0 Å². The highest BCUT2D eigenvalue weighted by Gasteiger charge is 2.08. The second-order valence-corrected chi connectivity index (χ2v) is 7.05. The Kier molecular flexibility index (Phi) is 8.34. The monoisotopic (exact) mass is 424 g/mol. The summed E-state index contributed by atoms with van der Waals surface area (Å²) in [5.74, 6) is -1.16. The van der Waals surface area contributed by atoms with E-state index in [9.17, 15) is 9.59 Å². The first-order valence-corrected chi connectivity index (χ1v) is 10.2. The molecule has 4 aromatic carbocycles. The maximum absolute atomic E-state index is 11.6. The van der Waals surface area contributed by atoms with E-state index >= 15 is 0 Å². The van der Waals surface area contributed by atoms with Crippen LogP contribution in [0.5, 0.6) is 0 Å². The molecular formula is C28H24O4. The summed E-state index contributed by atoms with van der Waals surface area (Å²) in [5, 5.41) is 9.04. The summed E-state index contributed by atoms with van der Waals surface area (Å²) >= 11 is 0. The van der Waals surface area contributed by atoms with Crippen LogP contribution < -0.4 is 0 Å². The van der Waals surface area contributed by atoms with Crippen molar-refractivity contribution in [3.63, 3.8) is 0 Å². The SMILES string of the molecule is O=C(O)c1ccccc1Cc1ccccc1.O=C(OCc1ccccc1)c1ccccc1. The van der Waals surface area contributed by atoms with Crippen LogP contribution >= 0.6 is 0 Å². The van der Waals surface area contributed by atoms with Crippen LogP contribution in [0.4, 0.5) is 0 Å². The van der Waals surface area contributed by atoms with Crippen molar-refractivity contribution < 1.29 is 19.4 Å². The molecule has 0 amide bonds. The number of carbonyl (C=O) groups excluding carboxylic acids is 1. The van der Waals surface area contributed by atoms with Gasteiger partial charge in [-0.2, -0.15) is 0 Å². The molecule has 4 rings (SSSR count). The van der Waals surface area contributed by atoms with E-state index in [1.165, 1.54) is 0 Å². The van der Waals surface area contributed by atoms with Gasteiger partial charge in [-0.25, -0.2) is 9.59 Å². The molecule has 0 aromatic heterocycles. The van der Waals surface area contributed by atoms with E-state index in [0.717, 1.165) is 16.7 Å². The largest absolute Gasteiger partial charge is 0.478 e. The third-order valence-electron chi connectivity index (χ3n) is 4.71. The van der Waals surface area contributed by atoms with Gasteiger partial charge in [0.1, 0.15) is 6.61 Å². The van der Waals surface area contributed by atoms with E-state index < -0.39 is 5.97 Å². The molecular weight excluding hydrogens is 400 g/mol. The van der Waals surface area contributed by atoms with E-state index in [2.05, 4.69) is 0 Å². The zero-order valence-corrected chi connectivity index (χ0v) is 17.6. The zero-order chi connectivity index (χ0) is 22.6. The summed E-state index contributed by atoms with van der Waals surface area (Å²) in [6, 6.07) is 35.6. The fraction of sp³-hybridized carbons (Fsp3) is 0.0714. The van der Waals surface area contributed by atoms with Crippen molar-refractivity contribution in [2.75, 3.05) is 0 Å². The van der Waals surface area contributed by atoms with Crippen LogP contribution in [-0.4, -0.2) is 17.0 Å². The van der Waals surface area contributed by atoms with Gasteiger partial charge in [0.05, 0.1) is 11.1 Å². The molecule has 0 atom stereocenters. The van der Waals surface area contributed by atoms with Crippen molar-refractivity contribution in [1.82, 2.24) is 0 Å². The minimum absolute atomic E-state index is 0.288. The molecule has 0 saturated heterocycles. The number of carboxylic acid groups (broad SMARTS) is 1. The van der Waals surface area contributed by atoms with E-state index in [1.807, 2.05) is 91.0 Å². The van der Waals surface area contributed by atoms with Gasteiger partial charge >= 0.3 is 11.9 Å². The Labute approximate surface area is 187 Å². The van der Waals surface area contributed by atoms with Gasteiger partial charge in [0.2, 0.25) is 0 Å². The average Bonchev–Trinajstić information content (AvgIpc) is 2.85. The molecule has 0 bridgehead atoms. The number of carboxylic acids is 1. The summed E-state index contributed by atoms with van der Waals surface area (Å²) in [6.45, 7) is 0.314. The lowest BCUT2D eigenvalue weighted by Gasteiger charge is -2.05. The lowest BCUT2D eigenvalue weighted by Crippen LogP contribution is -2.04. The van der Waals surface area contributed by atoms with Gasteiger partial charge in [0.25, 0.3) is 0 Å². The molecule has 0 heterocycles. The second kappa shape index (κ2) is 11.9. The molecule has 1 N–H and O–H groups in total. The van der Waals surface area contributed by atoms with Crippen molar-refractivity contribution in [2.24, 2.45) is 0 Å². The normalized spacial score (nSPS) is 9.88. The van der Waals surface area contributed by atoms with Crippen molar-refractivity contribution in [3.8, 4) is 0 Å². The molecule has 160 valence electrons. The zero-order valence-electron chi connectivity index (χ0n) is 17.6. The molecule has 4 aromatic rings. The molecule has 0 aliphatic carbocycles. The van der Waals surface area contributed by atoms with Crippen LogP contribution in [-0.2, 0) is 17.8 Å². The number of hydrogen-bond acceptors (Lipinski definition) is 3. The summed E-state index contributed by atoms with van der Waals surface area (Å²) < 4.78 is 5.18. The number of benzene rings is 4. The smallest absolute Gasteiger partial charge is 0.338 e. The lowest BCUT2D eigenvalue weighted by atomic mass is 10.00. The maximum Gasteiger partial charge on any atom is 0.338 e. The van der Waals surface area contributed by atoms with E-state index in [-0.39, 0.29) is 5.97 Å². The highest BCUT2D eigenvalue weighted by Crippen LogP contribution is 2.14. The molecule has 0 aliphatic heterocycles. The molecule has 0 radical (unpaired) electrons.